The summed E-state index contributed by atoms with van der Waals surface area (Å²) in [7, 11) is 0. The molecule has 0 saturated heterocycles. The third kappa shape index (κ3) is 3.13. The van der Waals surface area contributed by atoms with Gasteiger partial charge in [0.1, 0.15) is 5.76 Å². The van der Waals surface area contributed by atoms with Crippen molar-refractivity contribution in [3.63, 3.8) is 0 Å². The Kier molecular flexibility index (Phi) is 3.67. The third-order valence-electron chi connectivity index (χ3n) is 2.59. The summed E-state index contributed by atoms with van der Waals surface area (Å²) in [5.41, 5.74) is 2.89. The molecule has 0 aliphatic rings. The molecule has 1 aromatic heterocycles. The maximum absolute atomic E-state index is 11.0. The number of benzene rings is 1. The van der Waals surface area contributed by atoms with E-state index in [4.69, 9.17) is 4.42 Å². The number of carbonyl (C=O) groups is 1. The highest BCUT2D eigenvalue weighted by Gasteiger charge is 2.02. The number of hydrogen-bond acceptors (Lipinski definition) is 3. The number of furan rings is 1. The molecule has 2 aromatic rings. The number of rotatable bonds is 4. The predicted molar refractivity (Wildman–Crippen MR) is 71.5 cm³/mol. The summed E-state index contributed by atoms with van der Waals surface area (Å²) in [4.78, 5) is 11.0. The zero-order valence-electron chi connectivity index (χ0n) is 10.5. The Labute approximate surface area is 106 Å². The van der Waals surface area contributed by atoms with Crippen LogP contribution < -0.4 is 10.6 Å². The van der Waals surface area contributed by atoms with Crippen LogP contribution in [0.2, 0.25) is 0 Å². The van der Waals surface area contributed by atoms with Crippen LogP contribution in [-0.2, 0) is 11.3 Å². The van der Waals surface area contributed by atoms with Crippen molar-refractivity contribution in [3.05, 3.63) is 47.9 Å². The molecule has 0 fully saturated rings. The molecule has 1 aromatic carbocycles. The first kappa shape index (κ1) is 12.2. The molecular formula is C14H16N2O2. The fraction of sp³-hybridized carbons (Fsp3) is 0.214. The topological polar surface area (TPSA) is 54.3 Å². The summed E-state index contributed by atoms with van der Waals surface area (Å²) in [6.45, 7) is 4.13. The molecule has 0 saturated carbocycles. The van der Waals surface area contributed by atoms with Gasteiger partial charge in [0.05, 0.1) is 12.8 Å². The van der Waals surface area contributed by atoms with Gasteiger partial charge in [-0.3, -0.25) is 4.79 Å². The van der Waals surface area contributed by atoms with Crippen LogP contribution in [0.25, 0.3) is 0 Å². The maximum atomic E-state index is 11.0. The minimum atomic E-state index is -0.0733. The molecule has 2 rings (SSSR count). The van der Waals surface area contributed by atoms with Gasteiger partial charge in [0.15, 0.2) is 0 Å². The Morgan fingerprint density at radius 1 is 1.33 bits per heavy atom. The SMILES string of the molecule is CC(=O)Nc1ccc(C)c(NCc2ccco2)c1. The van der Waals surface area contributed by atoms with Crippen molar-refractivity contribution >= 4 is 17.3 Å². The lowest BCUT2D eigenvalue weighted by molar-refractivity contribution is -0.114. The van der Waals surface area contributed by atoms with E-state index in [1.165, 1.54) is 6.92 Å². The largest absolute Gasteiger partial charge is 0.467 e. The molecule has 4 heteroatoms. The van der Waals surface area contributed by atoms with Gasteiger partial charge in [0.2, 0.25) is 5.91 Å². The van der Waals surface area contributed by atoms with Crippen LogP contribution >= 0.6 is 0 Å². The highest BCUT2D eigenvalue weighted by molar-refractivity contribution is 5.89. The second kappa shape index (κ2) is 5.40. The van der Waals surface area contributed by atoms with Gasteiger partial charge in [-0.15, -0.1) is 0 Å². The number of hydrogen-bond donors (Lipinski definition) is 2. The first-order valence-corrected chi connectivity index (χ1v) is 5.79. The van der Waals surface area contributed by atoms with Gasteiger partial charge >= 0.3 is 0 Å². The Balaban J connectivity index is 2.08. The number of aryl methyl sites for hydroxylation is 1. The van der Waals surface area contributed by atoms with Gasteiger partial charge in [-0.05, 0) is 36.8 Å². The van der Waals surface area contributed by atoms with E-state index in [1.807, 2.05) is 37.3 Å². The Morgan fingerprint density at radius 2 is 2.17 bits per heavy atom. The Morgan fingerprint density at radius 3 is 2.83 bits per heavy atom. The molecule has 0 unspecified atom stereocenters. The van der Waals surface area contributed by atoms with Crippen molar-refractivity contribution < 1.29 is 9.21 Å². The zero-order chi connectivity index (χ0) is 13.0. The molecule has 0 spiro atoms. The Hall–Kier alpha value is -2.23. The lowest BCUT2D eigenvalue weighted by atomic mass is 10.1. The molecule has 0 atom stereocenters. The quantitative estimate of drug-likeness (QED) is 0.868. The average molecular weight is 244 g/mol. The van der Waals surface area contributed by atoms with E-state index in [0.29, 0.717) is 6.54 Å². The summed E-state index contributed by atoms with van der Waals surface area (Å²) < 4.78 is 5.26. The first-order valence-electron chi connectivity index (χ1n) is 5.79. The number of carbonyl (C=O) groups excluding carboxylic acids is 1. The standard InChI is InChI=1S/C14H16N2O2/c1-10-5-6-12(16-11(2)17)8-14(10)15-9-13-4-3-7-18-13/h3-8,15H,9H2,1-2H3,(H,16,17). The van der Waals surface area contributed by atoms with Crippen molar-refractivity contribution in [3.8, 4) is 0 Å². The number of nitrogens with one attached hydrogen (secondary N) is 2. The van der Waals surface area contributed by atoms with E-state index in [0.717, 1.165) is 22.7 Å². The van der Waals surface area contributed by atoms with E-state index in [-0.39, 0.29) is 5.91 Å². The molecule has 1 heterocycles. The summed E-state index contributed by atoms with van der Waals surface area (Å²) in [5.74, 6) is 0.801. The molecule has 0 radical (unpaired) electrons. The monoisotopic (exact) mass is 244 g/mol. The third-order valence-corrected chi connectivity index (χ3v) is 2.59. The molecule has 0 aliphatic carbocycles. The van der Waals surface area contributed by atoms with Gasteiger partial charge in [-0.25, -0.2) is 0 Å². The lowest BCUT2D eigenvalue weighted by Crippen LogP contribution is -2.07. The van der Waals surface area contributed by atoms with Crippen molar-refractivity contribution in [2.75, 3.05) is 10.6 Å². The molecule has 0 bridgehead atoms. The fourth-order valence-electron chi connectivity index (χ4n) is 1.69. The highest BCUT2D eigenvalue weighted by atomic mass is 16.3. The van der Waals surface area contributed by atoms with Crippen LogP contribution in [-0.4, -0.2) is 5.91 Å². The highest BCUT2D eigenvalue weighted by Crippen LogP contribution is 2.21. The Bertz CT molecular complexity index is 533. The molecule has 4 nitrogen and oxygen atoms in total. The van der Waals surface area contributed by atoms with E-state index in [1.54, 1.807) is 6.26 Å². The molecule has 94 valence electrons. The van der Waals surface area contributed by atoms with Crippen LogP contribution in [0, 0.1) is 6.92 Å². The van der Waals surface area contributed by atoms with E-state index < -0.39 is 0 Å². The fourth-order valence-corrected chi connectivity index (χ4v) is 1.69. The van der Waals surface area contributed by atoms with Crippen molar-refractivity contribution in [2.45, 2.75) is 20.4 Å². The first-order chi connectivity index (χ1) is 8.65. The molecule has 2 N–H and O–H groups in total. The van der Waals surface area contributed by atoms with E-state index >= 15 is 0 Å². The smallest absolute Gasteiger partial charge is 0.221 e. The summed E-state index contributed by atoms with van der Waals surface area (Å²) in [6, 6.07) is 9.54. The summed E-state index contributed by atoms with van der Waals surface area (Å²) in [6.07, 6.45) is 1.65. The molecule has 0 aliphatic heterocycles. The van der Waals surface area contributed by atoms with Gasteiger partial charge in [-0.1, -0.05) is 6.07 Å². The van der Waals surface area contributed by atoms with Crippen molar-refractivity contribution in [1.29, 1.82) is 0 Å². The molecule has 1 amide bonds. The summed E-state index contributed by atoms with van der Waals surface area (Å²) in [5, 5.41) is 6.05. The van der Waals surface area contributed by atoms with Gasteiger partial charge in [-0.2, -0.15) is 0 Å². The van der Waals surface area contributed by atoms with Crippen LogP contribution in [0.1, 0.15) is 18.2 Å². The van der Waals surface area contributed by atoms with Gasteiger partial charge in [0.25, 0.3) is 0 Å². The van der Waals surface area contributed by atoms with Crippen LogP contribution in [0.3, 0.4) is 0 Å². The minimum Gasteiger partial charge on any atom is -0.467 e. The maximum Gasteiger partial charge on any atom is 0.221 e. The second-order valence-electron chi connectivity index (χ2n) is 4.14. The van der Waals surface area contributed by atoms with Crippen molar-refractivity contribution in [2.24, 2.45) is 0 Å². The lowest BCUT2D eigenvalue weighted by Gasteiger charge is -2.10. The summed E-state index contributed by atoms with van der Waals surface area (Å²) >= 11 is 0. The van der Waals surface area contributed by atoms with Crippen molar-refractivity contribution in [1.82, 2.24) is 0 Å². The molecular weight excluding hydrogens is 228 g/mol. The predicted octanol–water partition coefficient (Wildman–Crippen LogP) is 3.16. The zero-order valence-corrected chi connectivity index (χ0v) is 10.5. The normalized spacial score (nSPS) is 10.1. The average Bonchev–Trinajstić information content (AvgIpc) is 2.82. The second-order valence-corrected chi connectivity index (χ2v) is 4.14. The minimum absolute atomic E-state index is 0.0733. The van der Waals surface area contributed by atoms with Crippen LogP contribution in [0.15, 0.2) is 41.0 Å². The van der Waals surface area contributed by atoms with E-state index in [9.17, 15) is 4.79 Å². The van der Waals surface area contributed by atoms with E-state index in [2.05, 4.69) is 10.6 Å². The van der Waals surface area contributed by atoms with Gasteiger partial charge in [0, 0.05) is 18.3 Å². The molecule has 18 heavy (non-hydrogen) atoms. The van der Waals surface area contributed by atoms with Crippen LogP contribution in [0.5, 0.6) is 0 Å². The van der Waals surface area contributed by atoms with Crippen LogP contribution in [0.4, 0.5) is 11.4 Å². The van der Waals surface area contributed by atoms with Gasteiger partial charge < -0.3 is 15.1 Å². The number of anilines is 2. The number of amides is 1.